The molecule has 7 nitrogen and oxygen atoms in total. The average molecular weight is 379 g/mol. The van der Waals surface area contributed by atoms with Gasteiger partial charge in [-0.3, -0.25) is 9.59 Å². The molecule has 1 aliphatic rings. The molecule has 8 heteroatoms. The molecule has 1 fully saturated rings. The van der Waals surface area contributed by atoms with E-state index in [1.807, 2.05) is 0 Å². The number of hydrogen-bond donors (Lipinski definition) is 2. The molecule has 1 aromatic rings. The van der Waals surface area contributed by atoms with Crippen LogP contribution in [0.3, 0.4) is 0 Å². The monoisotopic (exact) mass is 379 g/mol. The second kappa shape index (κ2) is 9.89. The fraction of sp³-hybridized carbons (Fsp3) is 0.526. The van der Waals surface area contributed by atoms with Crippen molar-refractivity contribution >= 4 is 17.9 Å². The molecule has 2 N–H and O–H groups in total. The molecule has 0 unspecified atom stereocenters. The van der Waals surface area contributed by atoms with Crippen molar-refractivity contribution in [3.63, 3.8) is 0 Å². The summed E-state index contributed by atoms with van der Waals surface area (Å²) in [6.07, 6.45) is 1.17. The number of hydrogen-bond acceptors (Lipinski definition) is 4. The number of esters is 1. The van der Waals surface area contributed by atoms with Crippen molar-refractivity contribution in [1.82, 2.24) is 15.5 Å². The molecule has 0 bridgehead atoms. The lowest BCUT2D eigenvalue weighted by molar-refractivity contribution is -0.149. The lowest BCUT2D eigenvalue weighted by Crippen LogP contribution is -2.47. The van der Waals surface area contributed by atoms with Gasteiger partial charge in [-0.1, -0.05) is 6.07 Å². The quantitative estimate of drug-likeness (QED) is 0.583. The molecule has 0 spiro atoms. The van der Waals surface area contributed by atoms with Crippen LogP contribution in [0.1, 0.15) is 35.7 Å². The smallest absolute Gasteiger partial charge is 0.317 e. The number of ether oxygens (including phenoxy) is 1. The van der Waals surface area contributed by atoms with E-state index < -0.39 is 11.7 Å². The third kappa shape index (κ3) is 5.94. The Balaban J connectivity index is 1.67. The van der Waals surface area contributed by atoms with E-state index >= 15 is 0 Å². The maximum Gasteiger partial charge on any atom is 0.317 e. The minimum atomic E-state index is -0.429. The zero-order valence-corrected chi connectivity index (χ0v) is 15.7. The zero-order valence-electron chi connectivity index (χ0n) is 15.7. The minimum Gasteiger partial charge on any atom is -0.466 e. The topological polar surface area (TPSA) is 87.7 Å². The number of benzene rings is 1. The first-order valence-corrected chi connectivity index (χ1v) is 9.16. The first-order valence-electron chi connectivity index (χ1n) is 9.16. The molecule has 0 aromatic heterocycles. The third-order valence-corrected chi connectivity index (χ3v) is 4.52. The summed E-state index contributed by atoms with van der Waals surface area (Å²) in [4.78, 5) is 37.4. The molecule has 2 rings (SSSR count). The van der Waals surface area contributed by atoms with Gasteiger partial charge in [-0.15, -0.1) is 0 Å². The highest BCUT2D eigenvalue weighted by molar-refractivity contribution is 5.94. The van der Waals surface area contributed by atoms with Gasteiger partial charge in [-0.25, -0.2) is 9.18 Å². The number of halogens is 1. The van der Waals surface area contributed by atoms with Gasteiger partial charge in [0.1, 0.15) is 5.82 Å². The van der Waals surface area contributed by atoms with Crippen molar-refractivity contribution in [3.8, 4) is 0 Å². The molecule has 3 amide bonds. The summed E-state index contributed by atoms with van der Waals surface area (Å²) in [6, 6.07) is 4.07. The van der Waals surface area contributed by atoms with E-state index in [0.717, 1.165) is 0 Å². The predicted octanol–water partition coefficient (Wildman–Crippen LogP) is 1.85. The fourth-order valence-corrected chi connectivity index (χ4v) is 2.87. The van der Waals surface area contributed by atoms with E-state index in [0.29, 0.717) is 38.1 Å². The minimum absolute atomic E-state index is 0.150. The van der Waals surface area contributed by atoms with Crippen LogP contribution in [-0.4, -0.2) is 55.6 Å². The molecule has 1 saturated heterocycles. The van der Waals surface area contributed by atoms with Crippen LogP contribution in [0, 0.1) is 18.7 Å². The van der Waals surface area contributed by atoms with Crippen LogP contribution in [-0.2, 0) is 9.53 Å². The SMILES string of the molecule is CCOC(=O)C1CCN(C(=O)NCCNC(=O)c2ccc(C)c(F)c2)CC1. The summed E-state index contributed by atoms with van der Waals surface area (Å²) in [5.41, 5.74) is 0.719. The van der Waals surface area contributed by atoms with Crippen LogP contribution < -0.4 is 10.6 Å². The van der Waals surface area contributed by atoms with Gasteiger partial charge in [0.15, 0.2) is 0 Å². The van der Waals surface area contributed by atoms with Gasteiger partial charge in [-0.05, 0) is 44.4 Å². The standard InChI is InChI=1S/C19H26FN3O4/c1-3-27-18(25)14-6-10-23(11-7-14)19(26)22-9-8-21-17(24)15-5-4-13(2)16(20)12-15/h4-5,12,14H,3,6-11H2,1-2H3,(H,21,24)(H,22,26). The van der Waals surface area contributed by atoms with E-state index in [-0.39, 0.29) is 36.6 Å². The Kier molecular flexibility index (Phi) is 7.57. The molecule has 0 saturated carbocycles. The average Bonchev–Trinajstić information content (AvgIpc) is 2.67. The Labute approximate surface area is 158 Å². The van der Waals surface area contributed by atoms with E-state index in [9.17, 15) is 18.8 Å². The number of urea groups is 1. The number of likely N-dealkylation sites (tertiary alicyclic amines) is 1. The molecule has 0 radical (unpaired) electrons. The number of rotatable bonds is 6. The number of piperidine rings is 1. The van der Waals surface area contributed by atoms with Crippen LogP contribution in [0.25, 0.3) is 0 Å². The summed E-state index contributed by atoms with van der Waals surface area (Å²) in [5.74, 6) is -1.17. The van der Waals surface area contributed by atoms with Gasteiger partial charge >= 0.3 is 12.0 Å². The van der Waals surface area contributed by atoms with Gasteiger partial charge in [-0.2, -0.15) is 0 Å². The highest BCUT2D eigenvalue weighted by Crippen LogP contribution is 2.18. The first-order chi connectivity index (χ1) is 12.9. The number of carbonyl (C=O) groups excluding carboxylic acids is 3. The first kappa shape index (κ1) is 20.7. The van der Waals surface area contributed by atoms with Crippen molar-refractivity contribution in [2.75, 3.05) is 32.8 Å². The van der Waals surface area contributed by atoms with Crippen molar-refractivity contribution in [2.45, 2.75) is 26.7 Å². The van der Waals surface area contributed by atoms with Crippen molar-refractivity contribution in [3.05, 3.63) is 35.1 Å². The van der Waals surface area contributed by atoms with Gasteiger partial charge in [0, 0.05) is 31.7 Å². The van der Waals surface area contributed by atoms with Gasteiger partial charge in [0.2, 0.25) is 0 Å². The Morgan fingerprint density at radius 2 is 1.85 bits per heavy atom. The van der Waals surface area contributed by atoms with Crippen LogP contribution in [0.4, 0.5) is 9.18 Å². The Morgan fingerprint density at radius 3 is 2.48 bits per heavy atom. The van der Waals surface area contributed by atoms with Gasteiger partial charge in [0.25, 0.3) is 5.91 Å². The van der Waals surface area contributed by atoms with Crippen LogP contribution in [0.5, 0.6) is 0 Å². The van der Waals surface area contributed by atoms with E-state index in [2.05, 4.69) is 10.6 Å². The zero-order chi connectivity index (χ0) is 19.8. The Morgan fingerprint density at radius 1 is 1.19 bits per heavy atom. The summed E-state index contributed by atoms with van der Waals surface area (Å²) in [7, 11) is 0. The lowest BCUT2D eigenvalue weighted by atomic mass is 9.97. The highest BCUT2D eigenvalue weighted by atomic mass is 19.1. The molecule has 0 atom stereocenters. The van der Waals surface area contributed by atoms with Gasteiger partial charge in [0.05, 0.1) is 12.5 Å². The molecule has 0 aliphatic carbocycles. The largest absolute Gasteiger partial charge is 0.466 e. The maximum absolute atomic E-state index is 13.5. The van der Waals surface area contributed by atoms with Crippen LogP contribution in [0.2, 0.25) is 0 Å². The molecular weight excluding hydrogens is 353 g/mol. The molecule has 1 aromatic carbocycles. The molecule has 148 valence electrons. The number of nitrogens with zero attached hydrogens (tertiary/aromatic N) is 1. The molecule has 1 aliphatic heterocycles. The maximum atomic E-state index is 13.5. The molecule has 27 heavy (non-hydrogen) atoms. The second-order valence-electron chi connectivity index (χ2n) is 6.47. The normalized spacial score (nSPS) is 14.6. The van der Waals surface area contributed by atoms with E-state index in [4.69, 9.17) is 4.74 Å². The summed E-state index contributed by atoms with van der Waals surface area (Å²) >= 11 is 0. The number of carbonyl (C=O) groups is 3. The predicted molar refractivity (Wildman–Crippen MR) is 97.8 cm³/mol. The fourth-order valence-electron chi connectivity index (χ4n) is 2.87. The van der Waals surface area contributed by atoms with Crippen LogP contribution >= 0.6 is 0 Å². The number of amides is 3. The highest BCUT2D eigenvalue weighted by Gasteiger charge is 2.27. The van der Waals surface area contributed by atoms with Gasteiger partial charge < -0.3 is 20.3 Å². The Bertz CT molecular complexity index is 688. The van der Waals surface area contributed by atoms with Crippen molar-refractivity contribution < 1.29 is 23.5 Å². The number of nitrogens with one attached hydrogen (secondary N) is 2. The lowest BCUT2D eigenvalue weighted by Gasteiger charge is -2.30. The van der Waals surface area contributed by atoms with E-state index in [1.165, 1.54) is 6.07 Å². The summed E-state index contributed by atoms with van der Waals surface area (Å²) in [6.45, 7) is 5.24. The van der Waals surface area contributed by atoms with Crippen LogP contribution in [0.15, 0.2) is 18.2 Å². The third-order valence-electron chi connectivity index (χ3n) is 4.52. The molecular formula is C19H26FN3O4. The van der Waals surface area contributed by atoms with Crippen molar-refractivity contribution in [2.24, 2.45) is 5.92 Å². The van der Waals surface area contributed by atoms with E-state index in [1.54, 1.807) is 30.9 Å². The van der Waals surface area contributed by atoms with Crippen molar-refractivity contribution in [1.29, 1.82) is 0 Å². The Hall–Kier alpha value is -2.64. The number of aryl methyl sites for hydroxylation is 1. The molecule has 1 heterocycles. The summed E-state index contributed by atoms with van der Waals surface area (Å²) in [5, 5.41) is 5.37. The second-order valence-corrected chi connectivity index (χ2v) is 6.47. The summed E-state index contributed by atoms with van der Waals surface area (Å²) < 4.78 is 18.5.